The van der Waals surface area contributed by atoms with E-state index < -0.39 is 11.6 Å². The van der Waals surface area contributed by atoms with Crippen LogP contribution in [-0.2, 0) is 4.79 Å². The van der Waals surface area contributed by atoms with Crippen LogP contribution in [0.1, 0.15) is 27.7 Å². The van der Waals surface area contributed by atoms with E-state index in [1.165, 1.54) is 0 Å². The predicted molar refractivity (Wildman–Crippen MR) is 99.0 cm³/mol. The van der Waals surface area contributed by atoms with Crippen LogP contribution in [0.5, 0.6) is 5.75 Å². The van der Waals surface area contributed by atoms with Crippen molar-refractivity contribution >= 4 is 5.91 Å². The zero-order valence-corrected chi connectivity index (χ0v) is 15.1. The summed E-state index contributed by atoms with van der Waals surface area (Å²) in [5, 5.41) is 12.1. The number of hydrogen-bond donors (Lipinski definition) is 1. The smallest absolute Gasteiger partial charge is 0.262 e. The van der Waals surface area contributed by atoms with Gasteiger partial charge in [0.1, 0.15) is 11.3 Å². The molecule has 1 N–H and O–H groups in total. The highest BCUT2D eigenvalue weighted by atomic mass is 16.5. The first-order valence-corrected chi connectivity index (χ1v) is 8.41. The Morgan fingerprint density at radius 2 is 1.60 bits per heavy atom. The van der Waals surface area contributed by atoms with Crippen LogP contribution in [0.2, 0.25) is 0 Å². The van der Waals surface area contributed by atoms with Crippen molar-refractivity contribution in [1.82, 2.24) is 5.32 Å². The molecular weight excluding hydrogens is 312 g/mol. The molecule has 0 spiro atoms. The summed E-state index contributed by atoms with van der Waals surface area (Å²) in [7, 11) is 0. The molecule has 0 aliphatic rings. The van der Waals surface area contributed by atoms with Crippen molar-refractivity contribution in [3.63, 3.8) is 0 Å². The van der Waals surface area contributed by atoms with Crippen molar-refractivity contribution in [2.75, 3.05) is 0 Å². The molecule has 2 atom stereocenters. The van der Waals surface area contributed by atoms with E-state index in [9.17, 15) is 10.1 Å². The second kappa shape index (κ2) is 7.85. The van der Waals surface area contributed by atoms with Gasteiger partial charge in [-0.05, 0) is 43.0 Å². The highest BCUT2D eigenvalue weighted by molar-refractivity contribution is 5.82. The van der Waals surface area contributed by atoms with Crippen LogP contribution in [0.4, 0.5) is 0 Å². The minimum Gasteiger partial charge on any atom is -0.481 e. The summed E-state index contributed by atoms with van der Waals surface area (Å²) in [5.74, 6) is 0.314. The number of ether oxygens (including phenoxy) is 1. The van der Waals surface area contributed by atoms with E-state index in [1.54, 1.807) is 13.8 Å². The quantitative estimate of drug-likeness (QED) is 0.861. The number of nitriles is 1. The molecule has 25 heavy (non-hydrogen) atoms. The van der Waals surface area contributed by atoms with Gasteiger partial charge in [0.2, 0.25) is 0 Å². The van der Waals surface area contributed by atoms with E-state index in [0.29, 0.717) is 5.75 Å². The first-order valence-electron chi connectivity index (χ1n) is 8.41. The van der Waals surface area contributed by atoms with Gasteiger partial charge in [-0.25, -0.2) is 0 Å². The topological polar surface area (TPSA) is 62.1 Å². The maximum Gasteiger partial charge on any atom is 0.262 e. The van der Waals surface area contributed by atoms with Gasteiger partial charge in [-0.15, -0.1) is 0 Å². The van der Waals surface area contributed by atoms with Crippen LogP contribution < -0.4 is 10.1 Å². The van der Waals surface area contributed by atoms with Crippen LogP contribution in [0.15, 0.2) is 54.6 Å². The van der Waals surface area contributed by atoms with Gasteiger partial charge in [-0.1, -0.05) is 56.3 Å². The van der Waals surface area contributed by atoms with E-state index >= 15 is 0 Å². The Bertz CT molecular complexity index is 748. The third-order valence-corrected chi connectivity index (χ3v) is 4.41. The number of nitrogens with zero attached hydrogens (tertiary/aromatic N) is 1. The van der Waals surface area contributed by atoms with Crippen molar-refractivity contribution < 1.29 is 9.53 Å². The van der Waals surface area contributed by atoms with E-state index in [1.807, 2.05) is 68.4 Å². The Hall–Kier alpha value is -2.80. The standard InChI is InChI=1S/C21H24N2O2/c1-15(2)21(4,14-22)23-20(24)16(3)25-19-12-10-18(11-13-19)17-8-6-5-7-9-17/h5-13,15-16H,1-4H3,(H,23,24)/t16-,21-/m0/s1. The Morgan fingerprint density at radius 3 is 2.12 bits per heavy atom. The molecule has 0 saturated heterocycles. The van der Waals surface area contributed by atoms with Gasteiger partial charge < -0.3 is 10.1 Å². The summed E-state index contributed by atoms with van der Waals surface area (Å²) in [5.41, 5.74) is 1.30. The minimum absolute atomic E-state index is 0.00111. The molecule has 0 saturated carbocycles. The molecule has 2 aromatic carbocycles. The SMILES string of the molecule is CC(C)[C@](C)(C#N)NC(=O)[C@H](C)Oc1ccc(-c2ccccc2)cc1. The molecule has 0 aliphatic heterocycles. The molecule has 2 rings (SSSR count). The molecule has 4 heteroatoms. The van der Waals surface area contributed by atoms with Gasteiger partial charge >= 0.3 is 0 Å². The molecule has 1 amide bonds. The first-order chi connectivity index (χ1) is 11.9. The second-order valence-electron chi connectivity index (χ2n) is 6.61. The third-order valence-electron chi connectivity index (χ3n) is 4.41. The number of carbonyl (C=O) groups is 1. The van der Waals surface area contributed by atoms with E-state index in [0.717, 1.165) is 11.1 Å². The van der Waals surface area contributed by atoms with Crippen LogP contribution in [-0.4, -0.2) is 17.6 Å². The molecule has 130 valence electrons. The Labute approximate surface area is 149 Å². The van der Waals surface area contributed by atoms with Crippen molar-refractivity contribution in [3.8, 4) is 22.9 Å². The summed E-state index contributed by atoms with van der Waals surface area (Å²) < 4.78 is 5.72. The third kappa shape index (κ3) is 4.60. The fourth-order valence-corrected chi connectivity index (χ4v) is 2.27. The number of benzene rings is 2. The summed E-state index contributed by atoms with van der Waals surface area (Å²) in [6, 6.07) is 19.8. The van der Waals surface area contributed by atoms with E-state index in [-0.39, 0.29) is 11.8 Å². The number of carbonyl (C=O) groups excluding carboxylic acids is 1. The molecule has 0 bridgehead atoms. The van der Waals surface area contributed by atoms with Crippen molar-refractivity contribution in [2.24, 2.45) is 5.92 Å². The van der Waals surface area contributed by atoms with Gasteiger partial charge in [0.15, 0.2) is 6.10 Å². The second-order valence-corrected chi connectivity index (χ2v) is 6.61. The monoisotopic (exact) mass is 336 g/mol. The van der Waals surface area contributed by atoms with E-state index in [2.05, 4.69) is 11.4 Å². The summed E-state index contributed by atoms with van der Waals surface area (Å²) in [6.45, 7) is 7.20. The zero-order chi connectivity index (χ0) is 18.4. The zero-order valence-electron chi connectivity index (χ0n) is 15.1. The lowest BCUT2D eigenvalue weighted by Gasteiger charge is -2.28. The maximum absolute atomic E-state index is 12.3. The summed E-state index contributed by atoms with van der Waals surface area (Å²) >= 11 is 0. The molecule has 4 nitrogen and oxygen atoms in total. The fourth-order valence-electron chi connectivity index (χ4n) is 2.27. The fraction of sp³-hybridized carbons (Fsp3) is 0.333. The molecule has 0 aliphatic carbocycles. The first kappa shape index (κ1) is 18.5. The number of amides is 1. The van der Waals surface area contributed by atoms with Gasteiger partial charge in [-0.3, -0.25) is 4.79 Å². The molecule has 0 aromatic heterocycles. The normalized spacial score (nSPS) is 14.2. The summed E-state index contributed by atoms with van der Waals surface area (Å²) in [4.78, 5) is 12.3. The van der Waals surface area contributed by atoms with Crippen LogP contribution >= 0.6 is 0 Å². The van der Waals surface area contributed by atoms with Crippen molar-refractivity contribution in [1.29, 1.82) is 5.26 Å². The van der Waals surface area contributed by atoms with Gasteiger partial charge in [-0.2, -0.15) is 5.26 Å². The highest BCUT2D eigenvalue weighted by Gasteiger charge is 2.32. The lowest BCUT2D eigenvalue weighted by atomic mass is 9.90. The van der Waals surface area contributed by atoms with Crippen molar-refractivity contribution in [2.45, 2.75) is 39.3 Å². The van der Waals surface area contributed by atoms with Crippen LogP contribution in [0, 0.1) is 17.2 Å². The maximum atomic E-state index is 12.3. The highest BCUT2D eigenvalue weighted by Crippen LogP contribution is 2.23. The number of nitrogens with one attached hydrogen (secondary N) is 1. The van der Waals surface area contributed by atoms with Crippen molar-refractivity contribution in [3.05, 3.63) is 54.6 Å². The largest absolute Gasteiger partial charge is 0.481 e. The minimum atomic E-state index is -0.911. The molecule has 0 heterocycles. The Morgan fingerprint density at radius 1 is 1.04 bits per heavy atom. The summed E-state index contributed by atoms with van der Waals surface area (Å²) in [6.07, 6.45) is -0.686. The van der Waals surface area contributed by atoms with E-state index in [4.69, 9.17) is 4.74 Å². The average molecular weight is 336 g/mol. The van der Waals surface area contributed by atoms with Gasteiger partial charge in [0.05, 0.1) is 6.07 Å². The Balaban J connectivity index is 2.02. The molecular formula is C21H24N2O2. The van der Waals surface area contributed by atoms with Gasteiger partial charge in [0.25, 0.3) is 5.91 Å². The molecule has 0 unspecified atom stereocenters. The lowest BCUT2D eigenvalue weighted by Crippen LogP contribution is -2.52. The number of hydrogen-bond acceptors (Lipinski definition) is 3. The van der Waals surface area contributed by atoms with Gasteiger partial charge in [0, 0.05) is 0 Å². The Kier molecular flexibility index (Phi) is 5.82. The number of rotatable bonds is 6. The average Bonchev–Trinajstić information content (AvgIpc) is 2.62. The lowest BCUT2D eigenvalue weighted by molar-refractivity contribution is -0.128. The molecule has 0 radical (unpaired) electrons. The molecule has 0 fully saturated rings. The predicted octanol–water partition coefficient (Wildman–Crippen LogP) is 4.18. The molecule has 2 aromatic rings. The van der Waals surface area contributed by atoms with Crippen LogP contribution in [0.3, 0.4) is 0 Å². The van der Waals surface area contributed by atoms with Crippen LogP contribution in [0.25, 0.3) is 11.1 Å².